The zero-order valence-corrected chi connectivity index (χ0v) is 5.45. The number of hydrogen-bond donors (Lipinski definition) is 0. The first-order valence-corrected chi connectivity index (χ1v) is 2.35. The SMILES string of the molecule is C=C.C=C(F)/C(F)=C\C. The van der Waals surface area contributed by atoms with Crippen molar-refractivity contribution in [3.05, 3.63) is 37.5 Å². The molecule has 0 saturated heterocycles. The number of hydrogen-bond acceptors (Lipinski definition) is 0. The van der Waals surface area contributed by atoms with Gasteiger partial charge in [0.25, 0.3) is 0 Å². The van der Waals surface area contributed by atoms with E-state index in [2.05, 4.69) is 19.7 Å². The quantitative estimate of drug-likeness (QED) is 0.379. The van der Waals surface area contributed by atoms with Crippen LogP contribution in [-0.2, 0) is 0 Å². The van der Waals surface area contributed by atoms with Crippen LogP contribution in [0, 0.1) is 0 Å². The van der Waals surface area contributed by atoms with Gasteiger partial charge in [0.15, 0.2) is 11.7 Å². The van der Waals surface area contributed by atoms with E-state index in [1.165, 1.54) is 6.92 Å². The van der Waals surface area contributed by atoms with Crippen molar-refractivity contribution >= 4 is 0 Å². The lowest BCUT2D eigenvalue weighted by molar-refractivity contribution is 0.547. The van der Waals surface area contributed by atoms with Gasteiger partial charge in [-0.1, -0.05) is 6.58 Å². The highest BCUT2D eigenvalue weighted by Gasteiger charge is 1.92. The summed E-state index contributed by atoms with van der Waals surface area (Å²) in [5.41, 5.74) is 0. The number of allylic oxidation sites excluding steroid dienone is 3. The second-order valence-electron chi connectivity index (χ2n) is 1.04. The zero-order chi connectivity index (χ0) is 7.86. The monoisotopic (exact) mass is 132 g/mol. The van der Waals surface area contributed by atoms with Gasteiger partial charge in [-0.3, -0.25) is 0 Å². The van der Waals surface area contributed by atoms with Gasteiger partial charge in [-0.15, -0.1) is 13.2 Å². The van der Waals surface area contributed by atoms with Crippen molar-refractivity contribution in [3.8, 4) is 0 Å². The van der Waals surface area contributed by atoms with Gasteiger partial charge in [0.2, 0.25) is 0 Å². The van der Waals surface area contributed by atoms with E-state index in [0.29, 0.717) is 0 Å². The fourth-order valence-corrected chi connectivity index (χ4v) is 0.157. The van der Waals surface area contributed by atoms with E-state index in [1.807, 2.05) is 0 Å². The smallest absolute Gasteiger partial charge is 0.153 e. The van der Waals surface area contributed by atoms with E-state index in [-0.39, 0.29) is 0 Å². The minimum absolute atomic E-state index is 0.889. The van der Waals surface area contributed by atoms with Crippen LogP contribution >= 0.6 is 0 Å². The van der Waals surface area contributed by atoms with Crippen molar-refractivity contribution in [2.75, 3.05) is 0 Å². The molecule has 0 rings (SSSR count). The van der Waals surface area contributed by atoms with Crippen LogP contribution in [0.25, 0.3) is 0 Å². The van der Waals surface area contributed by atoms with E-state index < -0.39 is 11.7 Å². The molecule has 0 aromatic carbocycles. The Morgan fingerprint density at radius 2 is 1.67 bits per heavy atom. The summed E-state index contributed by atoms with van der Waals surface area (Å²) in [5.74, 6) is -1.90. The molecule has 0 radical (unpaired) electrons. The predicted octanol–water partition coefficient (Wildman–Crippen LogP) is 3.15. The molecule has 0 N–H and O–H groups in total. The Kier molecular flexibility index (Phi) is 8.62. The van der Waals surface area contributed by atoms with E-state index in [0.717, 1.165) is 6.08 Å². The van der Waals surface area contributed by atoms with Crippen LogP contribution in [0.15, 0.2) is 37.5 Å². The highest BCUT2D eigenvalue weighted by molar-refractivity contribution is 5.12. The fraction of sp³-hybridized carbons (Fsp3) is 0.143. The topological polar surface area (TPSA) is 0 Å². The van der Waals surface area contributed by atoms with Crippen molar-refractivity contribution in [1.82, 2.24) is 0 Å². The molecule has 0 amide bonds. The maximum Gasteiger partial charge on any atom is 0.153 e. The Morgan fingerprint density at radius 3 is 1.67 bits per heavy atom. The van der Waals surface area contributed by atoms with Gasteiger partial charge in [-0.25, -0.2) is 8.78 Å². The Hall–Kier alpha value is -0.920. The van der Waals surface area contributed by atoms with Crippen LogP contribution in [-0.4, -0.2) is 0 Å². The van der Waals surface area contributed by atoms with E-state index in [9.17, 15) is 8.78 Å². The Morgan fingerprint density at radius 1 is 1.33 bits per heavy atom. The summed E-state index contributed by atoms with van der Waals surface area (Å²) in [6.07, 6.45) is 1.02. The molecule has 0 bridgehead atoms. The minimum Gasteiger partial charge on any atom is -0.204 e. The third kappa shape index (κ3) is 7.08. The summed E-state index contributed by atoms with van der Waals surface area (Å²) >= 11 is 0. The lowest BCUT2D eigenvalue weighted by atomic mass is 10.5. The van der Waals surface area contributed by atoms with Gasteiger partial charge in [0.05, 0.1) is 0 Å². The van der Waals surface area contributed by atoms with E-state index >= 15 is 0 Å². The number of rotatable bonds is 1. The maximum absolute atomic E-state index is 11.6. The van der Waals surface area contributed by atoms with Crippen LogP contribution in [0.4, 0.5) is 8.78 Å². The molecular formula is C7H10F2. The van der Waals surface area contributed by atoms with Crippen LogP contribution in [0.1, 0.15) is 6.92 Å². The zero-order valence-electron chi connectivity index (χ0n) is 5.45. The first kappa shape index (κ1) is 11.0. The lowest BCUT2D eigenvalue weighted by Crippen LogP contribution is -1.66. The molecule has 0 heterocycles. The summed E-state index contributed by atoms with van der Waals surface area (Å²) in [4.78, 5) is 0. The third-order valence-electron chi connectivity index (χ3n) is 0.513. The molecule has 0 unspecified atom stereocenters. The molecule has 0 aromatic heterocycles. The largest absolute Gasteiger partial charge is 0.204 e. The van der Waals surface area contributed by atoms with E-state index in [4.69, 9.17) is 0 Å². The van der Waals surface area contributed by atoms with Crippen molar-refractivity contribution in [1.29, 1.82) is 0 Å². The average molecular weight is 132 g/mol. The molecular weight excluding hydrogens is 122 g/mol. The summed E-state index contributed by atoms with van der Waals surface area (Å²) < 4.78 is 23.1. The van der Waals surface area contributed by atoms with Crippen LogP contribution in [0.5, 0.6) is 0 Å². The second kappa shape index (κ2) is 7.08. The summed E-state index contributed by atoms with van der Waals surface area (Å²) in [6.45, 7) is 10.1. The van der Waals surface area contributed by atoms with Gasteiger partial charge in [-0.2, -0.15) is 0 Å². The molecule has 0 atom stereocenters. The molecule has 0 spiro atoms. The van der Waals surface area contributed by atoms with Crippen molar-refractivity contribution < 1.29 is 8.78 Å². The third-order valence-corrected chi connectivity index (χ3v) is 0.513. The van der Waals surface area contributed by atoms with Crippen LogP contribution in [0.3, 0.4) is 0 Å². The Bertz CT molecular complexity index is 114. The standard InChI is InChI=1S/C5H6F2.C2H4/c1-3-5(7)4(2)6;1-2/h3H,2H2,1H3;1-2H2/b5-3+;. The summed E-state index contributed by atoms with van der Waals surface area (Å²) in [5, 5.41) is 0. The fourth-order valence-electron chi connectivity index (χ4n) is 0.157. The molecule has 0 aliphatic carbocycles. The molecule has 0 aliphatic heterocycles. The summed E-state index contributed by atoms with van der Waals surface area (Å²) in [6, 6.07) is 0. The molecule has 0 saturated carbocycles. The van der Waals surface area contributed by atoms with Gasteiger partial charge in [0, 0.05) is 0 Å². The lowest BCUT2D eigenvalue weighted by Gasteiger charge is -1.82. The van der Waals surface area contributed by atoms with Crippen molar-refractivity contribution in [2.24, 2.45) is 0 Å². The molecule has 0 aromatic rings. The Labute approximate surface area is 54.2 Å². The first-order valence-electron chi connectivity index (χ1n) is 2.35. The van der Waals surface area contributed by atoms with Crippen molar-refractivity contribution in [2.45, 2.75) is 6.92 Å². The van der Waals surface area contributed by atoms with Gasteiger partial charge in [0.1, 0.15) is 0 Å². The van der Waals surface area contributed by atoms with Crippen molar-refractivity contribution in [3.63, 3.8) is 0 Å². The number of halogens is 2. The molecule has 0 aliphatic rings. The average Bonchev–Trinajstić information content (AvgIpc) is 1.91. The molecule has 9 heavy (non-hydrogen) atoms. The highest BCUT2D eigenvalue weighted by Crippen LogP contribution is 2.07. The first-order chi connectivity index (χ1) is 4.18. The van der Waals surface area contributed by atoms with Crippen LogP contribution < -0.4 is 0 Å². The second-order valence-corrected chi connectivity index (χ2v) is 1.04. The van der Waals surface area contributed by atoms with Gasteiger partial charge in [-0.05, 0) is 13.0 Å². The van der Waals surface area contributed by atoms with Crippen LogP contribution in [0.2, 0.25) is 0 Å². The maximum atomic E-state index is 11.6. The van der Waals surface area contributed by atoms with E-state index in [1.54, 1.807) is 0 Å². The minimum atomic E-state index is -1.01. The molecule has 0 nitrogen and oxygen atoms in total. The molecule has 0 fully saturated rings. The molecule has 52 valence electrons. The predicted molar refractivity (Wildman–Crippen MR) is 36.4 cm³/mol. The van der Waals surface area contributed by atoms with Gasteiger partial charge < -0.3 is 0 Å². The summed E-state index contributed by atoms with van der Waals surface area (Å²) in [7, 11) is 0. The molecule has 2 heteroatoms. The Balaban J connectivity index is 0. The normalized spacial score (nSPS) is 9.44. The highest BCUT2D eigenvalue weighted by atomic mass is 19.2. The van der Waals surface area contributed by atoms with Gasteiger partial charge >= 0.3 is 0 Å².